The lowest BCUT2D eigenvalue weighted by Gasteiger charge is -2.38. The van der Waals surface area contributed by atoms with Gasteiger partial charge in [0.2, 0.25) is 0 Å². The van der Waals surface area contributed by atoms with Gasteiger partial charge in [0.1, 0.15) is 5.82 Å². The number of nitrogens with one attached hydrogen (secondary N) is 2. The first-order valence-electron chi connectivity index (χ1n) is 6.85. The molecule has 3 rings (SSSR count). The van der Waals surface area contributed by atoms with Crippen LogP contribution in [0.15, 0.2) is 29.1 Å². The quantitative estimate of drug-likeness (QED) is 0.883. The zero-order valence-corrected chi connectivity index (χ0v) is 11.2. The molecule has 0 saturated heterocycles. The van der Waals surface area contributed by atoms with Gasteiger partial charge in [0.25, 0.3) is 5.56 Å². The van der Waals surface area contributed by atoms with Crippen molar-refractivity contribution in [1.82, 2.24) is 15.3 Å². The Morgan fingerprint density at radius 2 is 2.16 bits per heavy atom. The smallest absolute Gasteiger partial charge is 0.258 e. The largest absolute Gasteiger partial charge is 0.309 e. The van der Waals surface area contributed by atoms with Crippen molar-refractivity contribution >= 4 is 10.9 Å². The highest BCUT2D eigenvalue weighted by molar-refractivity contribution is 5.77. The van der Waals surface area contributed by atoms with Crippen LogP contribution in [0.3, 0.4) is 0 Å². The van der Waals surface area contributed by atoms with Crippen molar-refractivity contribution in [2.24, 2.45) is 5.41 Å². The van der Waals surface area contributed by atoms with Crippen molar-refractivity contribution in [2.75, 3.05) is 6.54 Å². The molecule has 0 unspecified atom stereocenters. The lowest BCUT2D eigenvalue weighted by atomic mass is 9.70. The van der Waals surface area contributed by atoms with Gasteiger partial charge in [0, 0.05) is 6.54 Å². The Balaban J connectivity index is 1.72. The van der Waals surface area contributed by atoms with Gasteiger partial charge in [0.15, 0.2) is 0 Å². The standard InChI is InChI=1S/C15H19N3O/c1-15(7-4-8-15)10-16-9-13-17-12-6-3-2-5-11(12)14(19)18-13/h2-3,5-6,16H,4,7-10H2,1H3,(H,17,18,19). The summed E-state index contributed by atoms with van der Waals surface area (Å²) in [5.74, 6) is 0.714. The van der Waals surface area contributed by atoms with Gasteiger partial charge >= 0.3 is 0 Å². The molecule has 0 bridgehead atoms. The second-order valence-electron chi connectivity index (χ2n) is 5.80. The van der Waals surface area contributed by atoms with E-state index in [1.54, 1.807) is 6.07 Å². The average Bonchev–Trinajstić information content (AvgIpc) is 2.37. The molecule has 2 aromatic rings. The molecule has 100 valence electrons. The molecule has 1 aromatic heterocycles. The van der Waals surface area contributed by atoms with Crippen molar-refractivity contribution in [2.45, 2.75) is 32.7 Å². The van der Waals surface area contributed by atoms with E-state index in [1.165, 1.54) is 19.3 Å². The van der Waals surface area contributed by atoms with Gasteiger partial charge in [-0.05, 0) is 30.4 Å². The van der Waals surface area contributed by atoms with Crippen LogP contribution in [0.4, 0.5) is 0 Å². The molecule has 19 heavy (non-hydrogen) atoms. The Morgan fingerprint density at radius 3 is 2.89 bits per heavy atom. The molecule has 1 aliphatic carbocycles. The third-order valence-electron chi connectivity index (χ3n) is 4.07. The number of aromatic amines is 1. The number of hydrogen-bond donors (Lipinski definition) is 2. The zero-order valence-electron chi connectivity index (χ0n) is 11.2. The van der Waals surface area contributed by atoms with Crippen molar-refractivity contribution < 1.29 is 0 Å². The Morgan fingerprint density at radius 1 is 1.37 bits per heavy atom. The second kappa shape index (κ2) is 4.78. The first-order valence-corrected chi connectivity index (χ1v) is 6.85. The van der Waals surface area contributed by atoms with Gasteiger partial charge in [-0.1, -0.05) is 25.5 Å². The van der Waals surface area contributed by atoms with Crippen LogP contribution >= 0.6 is 0 Å². The summed E-state index contributed by atoms with van der Waals surface area (Å²) in [5.41, 5.74) is 1.15. The summed E-state index contributed by atoms with van der Waals surface area (Å²) in [6, 6.07) is 7.44. The molecule has 1 aromatic carbocycles. The minimum atomic E-state index is -0.0581. The predicted octanol–water partition coefficient (Wildman–Crippen LogP) is 2.20. The topological polar surface area (TPSA) is 57.8 Å². The van der Waals surface area contributed by atoms with E-state index < -0.39 is 0 Å². The summed E-state index contributed by atoms with van der Waals surface area (Å²) in [6.45, 7) is 3.92. The number of para-hydroxylation sites is 1. The fourth-order valence-corrected chi connectivity index (χ4v) is 2.66. The summed E-state index contributed by atoms with van der Waals surface area (Å²) in [6.07, 6.45) is 3.92. The molecule has 0 amide bonds. The van der Waals surface area contributed by atoms with Crippen LogP contribution in [0, 0.1) is 5.41 Å². The Bertz CT molecular complexity index is 643. The monoisotopic (exact) mass is 257 g/mol. The maximum absolute atomic E-state index is 11.9. The Labute approximate surface area is 112 Å². The zero-order chi connectivity index (χ0) is 13.3. The van der Waals surface area contributed by atoms with Crippen LogP contribution in [0.25, 0.3) is 10.9 Å². The Kier molecular flexibility index (Phi) is 3.11. The lowest BCUT2D eigenvalue weighted by Crippen LogP contribution is -2.37. The van der Waals surface area contributed by atoms with E-state index in [9.17, 15) is 4.79 Å². The second-order valence-corrected chi connectivity index (χ2v) is 5.80. The minimum absolute atomic E-state index is 0.0581. The molecule has 1 saturated carbocycles. The summed E-state index contributed by atoms with van der Waals surface area (Å²) >= 11 is 0. The van der Waals surface area contributed by atoms with Gasteiger partial charge < -0.3 is 10.3 Å². The summed E-state index contributed by atoms with van der Waals surface area (Å²) < 4.78 is 0. The highest BCUT2D eigenvalue weighted by Gasteiger charge is 2.30. The normalized spacial score (nSPS) is 17.3. The molecule has 1 fully saturated rings. The van der Waals surface area contributed by atoms with Crippen LogP contribution in [0.5, 0.6) is 0 Å². The number of rotatable bonds is 4. The van der Waals surface area contributed by atoms with E-state index >= 15 is 0 Å². The van der Waals surface area contributed by atoms with Crippen molar-refractivity contribution in [3.8, 4) is 0 Å². The Hall–Kier alpha value is -1.68. The number of fused-ring (bicyclic) bond motifs is 1. The average molecular weight is 257 g/mol. The van der Waals surface area contributed by atoms with E-state index in [0.29, 0.717) is 23.2 Å². The third-order valence-corrected chi connectivity index (χ3v) is 4.07. The van der Waals surface area contributed by atoms with Crippen LogP contribution in [-0.4, -0.2) is 16.5 Å². The molecule has 0 radical (unpaired) electrons. The highest BCUT2D eigenvalue weighted by atomic mass is 16.1. The molecule has 2 N–H and O–H groups in total. The first kappa shape index (κ1) is 12.4. The van der Waals surface area contributed by atoms with E-state index in [4.69, 9.17) is 0 Å². The minimum Gasteiger partial charge on any atom is -0.309 e. The number of aromatic nitrogens is 2. The fraction of sp³-hybridized carbons (Fsp3) is 0.467. The molecular formula is C15H19N3O. The maximum atomic E-state index is 11.9. The van der Waals surface area contributed by atoms with Crippen LogP contribution in [-0.2, 0) is 6.54 Å². The molecule has 0 atom stereocenters. The van der Waals surface area contributed by atoms with E-state index in [2.05, 4.69) is 22.2 Å². The molecule has 4 heteroatoms. The summed E-state index contributed by atoms with van der Waals surface area (Å²) in [5, 5.41) is 4.05. The number of nitrogens with zero attached hydrogens (tertiary/aromatic N) is 1. The van der Waals surface area contributed by atoms with Crippen molar-refractivity contribution in [1.29, 1.82) is 0 Å². The van der Waals surface area contributed by atoms with Crippen molar-refractivity contribution in [3.63, 3.8) is 0 Å². The molecule has 4 nitrogen and oxygen atoms in total. The fourth-order valence-electron chi connectivity index (χ4n) is 2.66. The first-order chi connectivity index (χ1) is 9.16. The van der Waals surface area contributed by atoms with Crippen LogP contribution in [0.1, 0.15) is 32.0 Å². The predicted molar refractivity (Wildman–Crippen MR) is 76.0 cm³/mol. The van der Waals surface area contributed by atoms with Gasteiger partial charge in [0.05, 0.1) is 17.4 Å². The third kappa shape index (κ3) is 2.54. The highest BCUT2D eigenvalue weighted by Crippen LogP contribution is 2.39. The molecule has 1 heterocycles. The maximum Gasteiger partial charge on any atom is 0.258 e. The number of hydrogen-bond acceptors (Lipinski definition) is 3. The number of benzene rings is 1. The lowest BCUT2D eigenvalue weighted by molar-refractivity contribution is 0.156. The van der Waals surface area contributed by atoms with Crippen LogP contribution in [0.2, 0.25) is 0 Å². The van der Waals surface area contributed by atoms with Gasteiger partial charge in [-0.15, -0.1) is 0 Å². The van der Waals surface area contributed by atoms with Gasteiger partial charge in [-0.25, -0.2) is 4.98 Å². The van der Waals surface area contributed by atoms with Gasteiger partial charge in [-0.3, -0.25) is 4.79 Å². The van der Waals surface area contributed by atoms with Crippen LogP contribution < -0.4 is 10.9 Å². The SMILES string of the molecule is CC1(CNCc2nc3ccccc3c(=O)[nH]2)CCC1. The molecule has 0 spiro atoms. The van der Waals surface area contributed by atoms with Crippen molar-refractivity contribution in [3.05, 3.63) is 40.4 Å². The van der Waals surface area contributed by atoms with E-state index in [-0.39, 0.29) is 5.56 Å². The summed E-state index contributed by atoms with van der Waals surface area (Å²) in [4.78, 5) is 19.2. The van der Waals surface area contributed by atoms with E-state index in [1.807, 2.05) is 18.2 Å². The van der Waals surface area contributed by atoms with Gasteiger partial charge in [-0.2, -0.15) is 0 Å². The molecule has 1 aliphatic rings. The number of H-pyrrole nitrogens is 1. The molecule has 0 aliphatic heterocycles. The molecular weight excluding hydrogens is 238 g/mol. The summed E-state index contributed by atoms with van der Waals surface area (Å²) in [7, 11) is 0. The van der Waals surface area contributed by atoms with E-state index in [0.717, 1.165) is 12.1 Å².